The molecular formula is C23H26N4O4. The van der Waals surface area contributed by atoms with Crippen molar-refractivity contribution in [2.75, 3.05) is 0 Å². The molecule has 8 heteroatoms. The zero-order valence-electron chi connectivity index (χ0n) is 18.1. The molecule has 162 valence electrons. The first-order valence-corrected chi connectivity index (χ1v) is 10.0. The molecule has 1 atom stereocenters. The van der Waals surface area contributed by atoms with Gasteiger partial charge in [0.25, 0.3) is 11.5 Å². The van der Waals surface area contributed by atoms with E-state index in [0.29, 0.717) is 22.5 Å². The van der Waals surface area contributed by atoms with Crippen LogP contribution >= 0.6 is 0 Å². The summed E-state index contributed by atoms with van der Waals surface area (Å²) in [5.41, 5.74) is 7.21. The predicted molar refractivity (Wildman–Crippen MR) is 118 cm³/mol. The Hall–Kier alpha value is -3.68. The number of carbonyl (C=O) groups excluding carboxylic acids is 2. The Morgan fingerprint density at radius 2 is 1.84 bits per heavy atom. The number of fused-ring (bicyclic) bond motifs is 1. The van der Waals surface area contributed by atoms with E-state index in [0.717, 1.165) is 11.1 Å². The molecule has 0 spiro atoms. The zero-order chi connectivity index (χ0) is 22.5. The molecule has 0 aliphatic rings. The summed E-state index contributed by atoms with van der Waals surface area (Å²) >= 11 is 0. The second kappa shape index (κ2) is 9.42. The van der Waals surface area contributed by atoms with Crippen LogP contribution < -0.4 is 21.1 Å². The van der Waals surface area contributed by atoms with Crippen LogP contribution in [0.4, 0.5) is 0 Å². The van der Waals surface area contributed by atoms with E-state index in [1.807, 2.05) is 32.0 Å². The fourth-order valence-corrected chi connectivity index (χ4v) is 3.10. The van der Waals surface area contributed by atoms with E-state index in [-0.39, 0.29) is 18.4 Å². The number of ether oxygens (including phenoxy) is 1. The van der Waals surface area contributed by atoms with Gasteiger partial charge in [0.1, 0.15) is 11.6 Å². The molecular weight excluding hydrogens is 396 g/mol. The van der Waals surface area contributed by atoms with Crippen LogP contribution in [-0.2, 0) is 23.1 Å². The number of aromatic nitrogens is 2. The number of para-hydroxylation sites is 1. The standard InChI is InChI=1S/C23H26N4O4/c1-14-8-7-11-19(15(14)2)31-16(3)22(29)26-25-21(28)13-12-20-24-18-10-6-5-9-17(18)23(30)27(20)4/h5-11,16H,12-13H2,1-4H3,(H,25,28)(H,26,29)/t16-/m0/s1. The van der Waals surface area contributed by atoms with Crippen LogP contribution in [0.2, 0.25) is 0 Å². The van der Waals surface area contributed by atoms with Gasteiger partial charge in [-0.3, -0.25) is 29.8 Å². The number of rotatable bonds is 6. The van der Waals surface area contributed by atoms with Crippen LogP contribution in [0.5, 0.6) is 5.75 Å². The van der Waals surface area contributed by atoms with Gasteiger partial charge in [-0.15, -0.1) is 0 Å². The van der Waals surface area contributed by atoms with Gasteiger partial charge in [0.05, 0.1) is 10.9 Å². The maximum absolute atomic E-state index is 12.4. The average Bonchev–Trinajstić information content (AvgIpc) is 2.76. The van der Waals surface area contributed by atoms with E-state index < -0.39 is 17.9 Å². The summed E-state index contributed by atoms with van der Waals surface area (Å²) in [6, 6.07) is 12.7. The summed E-state index contributed by atoms with van der Waals surface area (Å²) in [5, 5.41) is 0.531. The summed E-state index contributed by atoms with van der Waals surface area (Å²) in [7, 11) is 1.63. The molecule has 0 unspecified atom stereocenters. The summed E-state index contributed by atoms with van der Waals surface area (Å²) in [4.78, 5) is 41.3. The van der Waals surface area contributed by atoms with Gasteiger partial charge in [-0.2, -0.15) is 0 Å². The Balaban J connectivity index is 1.54. The number of hydrazine groups is 1. The Kier molecular flexibility index (Phi) is 6.69. The molecule has 0 saturated carbocycles. The van der Waals surface area contributed by atoms with Crippen molar-refractivity contribution < 1.29 is 14.3 Å². The molecule has 0 bridgehead atoms. The number of benzene rings is 2. The third kappa shape index (κ3) is 5.09. The predicted octanol–water partition coefficient (Wildman–Crippen LogP) is 2.10. The van der Waals surface area contributed by atoms with E-state index in [1.54, 1.807) is 38.2 Å². The first kappa shape index (κ1) is 22.0. The van der Waals surface area contributed by atoms with Gasteiger partial charge < -0.3 is 4.74 Å². The molecule has 0 aliphatic heterocycles. The minimum absolute atomic E-state index is 0.0606. The van der Waals surface area contributed by atoms with Crippen LogP contribution in [0.1, 0.15) is 30.3 Å². The highest BCUT2D eigenvalue weighted by molar-refractivity contribution is 5.84. The molecule has 2 amide bonds. The topological polar surface area (TPSA) is 102 Å². The van der Waals surface area contributed by atoms with E-state index in [4.69, 9.17) is 4.74 Å². The summed E-state index contributed by atoms with van der Waals surface area (Å²) in [6.45, 7) is 5.50. The lowest BCUT2D eigenvalue weighted by Gasteiger charge is -2.17. The number of amides is 2. The molecule has 0 aliphatic carbocycles. The van der Waals surface area contributed by atoms with Crippen molar-refractivity contribution in [1.82, 2.24) is 20.4 Å². The highest BCUT2D eigenvalue weighted by Gasteiger charge is 2.17. The zero-order valence-corrected chi connectivity index (χ0v) is 18.1. The van der Waals surface area contributed by atoms with Crippen LogP contribution in [0, 0.1) is 13.8 Å². The summed E-state index contributed by atoms with van der Waals surface area (Å²) in [6.07, 6.45) is -0.471. The van der Waals surface area contributed by atoms with Gasteiger partial charge in [-0.1, -0.05) is 24.3 Å². The van der Waals surface area contributed by atoms with Gasteiger partial charge in [0.15, 0.2) is 6.10 Å². The van der Waals surface area contributed by atoms with Gasteiger partial charge in [-0.05, 0) is 50.1 Å². The van der Waals surface area contributed by atoms with Crippen LogP contribution in [0.3, 0.4) is 0 Å². The monoisotopic (exact) mass is 422 g/mol. The van der Waals surface area contributed by atoms with E-state index in [9.17, 15) is 14.4 Å². The van der Waals surface area contributed by atoms with Crippen molar-refractivity contribution in [3.63, 3.8) is 0 Å². The maximum Gasteiger partial charge on any atom is 0.279 e. The first-order chi connectivity index (χ1) is 14.8. The molecule has 31 heavy (non-hydrogen) atoms. The average molecular weight is 422 g/mol. The molecule has 0 fully saturated rings. The highest BCUT2D eigenvalue weighted by atomic mass is 16.5. The fraction of sp³-hybridized carbons (Fsp3) is 0.304. The van der Waals surface area contributed by atoms with Crippen LogP contribution in [0.15, 0.2) is 47.3 Å². The second-order valence-corrected chi connectivity index (χ2v) is 7.40. The number of carbonyl (C=O) groups is 2. The Morgan fingerprint density at radius 1 is 1.10 bits per heavy atom. The third-order valence-electron chi connectivity index (χ3n) is 5.20. The normalized spacial score (nSPS) is 11.7. The first-order valence-electron chi connectivity index (χ1n) is 10.0. The lowest BCUT2D eigenvalue weighted by atomic mass is 10.1. The Morgan fingerprint density at radius 3 is 2.61 bits per heavy atom. The van der Waals surface area contributed by atoms with Gasteiger partial charge >= 0.3 is 0 Å². The molecule has 3 aromatic rings. The summed E-state index contributed by atoms with van der Waals surface area (Å²) in [5.74, 6) is 0.259. The molecule has 2 aromatic carbocycles. The molecule has 0 saturated heterocycles. The smallest absolute Gasteiger partial charge is 0.279 e. The Labute approximate surface area is 180 Å². The van der Waals surface area contributed by atoms with E-state index in [2.05, 4.69) is 15.8 Å². The Bertz CT molecular complexity index is 1190. The van der Waals surface area contributed by atoms with E-state index in [1.165, 1.54) is 4.57 Å². The third-order valence-corrected chi connectivity index (χ3v) is 5.20. The van der Waals surface area contributed by atoms with Crippen LogP contribution in [-0.4, -0.2) is 27.5 Å². The molecule has 1 aromatic heterocycles. The molecule has 8 nitrogen and oxygen atoms in total. The van der Waals surface area contributed by atoms with E-state index >= 15 is 0 Å². The largest absolute Gasteiger partial charge is 0.481 e. The van der Waals surface area contributed by atoms with Crippen molar-refractivity contribution in [2.24, 2.45) is 7.05 Å². The lowest BCUT2D eigenvalue weighted by Crippen LogP contribution is -2.47. The molecule has 0 radical (unpaired) electrons. The number of hydrogen-bond acceptors (Lipinski definition) is 5. The molecule has 3 rings (SSSR count). The number of aryl methyl sites for hydroxylation is 2. The van der Waals surface area contributed by atoms with Crippen molar-refractivity contribution in [2.45, 2.75) is 39.7 Å². The van der Waals surface area contributed by atoms with Gasteiger partial charge in [0.2, 0.25) is 5.91 Å². The fourth-order valence-electron chi connectivity index (χ4n) is 3.10. The molecule has 1 heterocycles. The van der Waals surface area contributed by atoms with Crippen molar-refractivity contribution in [3.05, 3.63) is 69.8 Å². The minimum Gasteiger partial charge on any atom is -0.481 e. The summed E-state index contributed by atoms with van der Waals surface area (Å²) < 4.78 is 7.15. The quantitative estimate of drug-likeness (QED) is 0.593. The van der Waals surface area contributed by atoms with Gasteiger partial charge in [0, 0.05) is 19.9 Å². The van der Waals surface area contributed by atoms with Crippen molar-refractivity contribution >= 4 is 22.7 Å². The van der Waals surface area contributed by atoms with Gasteiger partial charge in [-0.25, -0.2) is 4.98 Å². The van der Waals surface area contributed by atoms with Crippen molar-refractivity contribution in [1.29, 1.82) is 0 Å². The molecule has 2 N–H and O–H groups in total. The maximum atomic E-state index is 12.4. The SMILES string of the molecule is Cc1cccc(O[C@@H](C)C(=O)NNC(=O)CCc2nc3ccccc3c(=O)n2C)c1C. The second-order valence-electron chi connectivity index (χ2n) is 7.40. The number of hydrogen-bond donors (Lipinski definition) is 2. The van der Waals surface area contributed by atoms with Crippen molar-refractivity contribution in [3.8, 4) is 5.75 Å². The minimum atomic E-state index is -0.788. The number of nitrogens with zero attached hydrogens (tertiary/aromatic N) is 2. The van der Waals surface area contributed by atoms with Crippen LogP contribution in [0.25, 0.3) is 10.9 Å². The highest BCUT2D eigenvalue weighted by Crippen LogP contribution is 2.21. The number of nitrogens with one attached hydrogen (secondary N) is 2. The lowest BCUT2D eigenvalue weighted by molar-refractivity contribution is -0.132.